The summed E-state index contributed by atoms with van der Waals surface area (Å²) in [5, 5.41) is 11.9. The lowest BCUT2D eigenvalue weighted by Gasteiger charge is -2.36. The minimum atomic E-state index is -2.98. The van der Waals surface area contributed by atoms with Crippen molar-refractivity contribution in [2.45, 2.75) is 13.0 Å². The molecule has 2 rings (SSSR count). The van der Waals surface area contributed by atoms with Crippen LogP contribution in [-0.4, -0.2) is 43.6 Å². The van der Waals surface area contributed by atoms with Crippen molar-refractivity contribution in [3.8, 4) is 0 Å². The highest BCUT2D eigenvalue weighted by atomic mass is 79.9. The molecule has 0 aromatic heterocycles. The summed E-state index contributed by atoms with van der Waals surface area (Å²) in [4.78, 5) is 1.97. The lowest BCUT2D eigenvalue weighted by atomic mass is 10.1. The molecule has 110 valence electrons. The summed E-state index contributed by atoms with van der Waals surface area (Å²) < 4.78 is 24.1. The number of oxime groups is 1. The number of benzene rings is 1. The van der Waals surface area contributed by atoms with Gasteiger partial charge in [-0.2, -0.15) is 0 Å². The van der Waals surface area contributed by atoms with Gasteiger partial charge in [0.05, 0.1) is 11.5 Å². The van der Waals surface area contributed by atoms with Gasteiger partial charge in [0.1, 0.15) is 0 Å². The fourth-order valence-corrected chi connectivity index (χ4v) is 4.29. The number of anilines is 1. The highest BCUT2D eigenvalue weighted by molar-refractivity contribution is 9.10. The zero-order valence-electron chi connectivity index (χ0n) is 11.0. The SMILES string of the molecule is CC1CS(=O)(=O)CCN1c1ccc(Br)cc1/C(N)=N/O. The molecule has 1 aliphatic rings. The van der Waals surface area contributed by atoms with E-state index in [1.807, 2.05) is 24.0 Å². The highest BCUT2D eigenvalue weighted by Gasteiger charge is 2.29. The third-order valence-electron chi connectivity index (χ3n) is 3.32. The Labute approximate surface area is 126 Å². The van der Waals surface area contributed by atoms with E-state index in [0.717, 1.165) is 10.2 Å². The van der Waals surface area contributed by atoms with Gasteiger partial charge in [-0.3, -0.25) is 0 Å². The van der Waals surface area contributed by atoms with E-state index < -0.39 is 9.84 Å². The molecule has 8 heteroatoms. The second-order valence-electron chi connectivity index (χ2n) is 4.80. The van der Waals surface area contributed by atoms with E-state index in [2.05, 4.69) is 21.1 Å². The third kappa shape index (κ3) is 3.06. The van der Waals surface area contributed by atoms with Crippen molar-refractivity contribution in [1.29, 1.82) is 0 Å². The van der Waals surface area contributed by atoms with Crippen LogP contribution < -0.4 is 10.6 Å². The molecule has 0 aliphatic carbocycles. The Hall–Kier alpha value is -1.28. The lowest BCUT2D eigenvalue weighted by Crippen LogP contribution is -2.47. The van der Waals surface area contributed by atoms with Crippen molar-refractivity contribution in [2.24, 2.45) is 10.9 Å². The van der Waals surface area contributed by atoms with Crippen LogP contribution >= 0.6 is 15.9 Å². The molecule has 0 radical (unpaired) electrons. The van der Waals surface area contributed by atoms with Crippen LogP contribution in [0.25, 0.3) is 0 Å². The first kappa shape index (κ1) is 15.1. The summed E-state index contributed by atoms with van der Waals surface area (Å²) in [5.41, 5.74) is 7.05. The Morgan fingerprint density at radius 1 is 1.55 bits per heavy atom. The lowest BCUT2D eigenvalue weighted by molar-refractivity contribution is 0.318. The van der Waals surface area contributed by atoms with E-state index in [0.29, 0.717) is 12.1 Å². The molecule has 20 heavy (non-hydrogen) atoms. The van der Waals surface area contributed by atoms with Crippen LogP contribution in [0.15, 0.2) is 27.8 Å². The number of hydrogen-bond donors (Lipinski definition) is 2. The standard InChI is InChI=1S/C12H16BrN3O3S/c1-8-7-20(18,19)5-4-16(8)11-3-2-9(13)6-10(11)12(14)15-17/h2-3,6,8,17H,4-5,7H2,1H3,(H2,14,15). The summed E-state index contributed by atoms with van der Waals surface area (Å²) in [6.07, 6.45) is 0. The molecule has 1 aromatic carbocycles. The minimum absolute atomic E-state index is 0.00179. The van der Waals surface area contributed by atoms with E-state index in [1.165, 1.54) is 0 Å². The maximum atomic E-state index is 11.6. The van der Waals surface area contributed by atoms with Gasteiger partial charge in [0.2, 0.25) is 0 Å². The van der Waals surface area contributed by atoms with E-state index in [1.54, 1.807) is 6.07 Å². The molecule has 0 bridgehead atoms. The van der Waals surface area contributed by atoms with Crippen LogP contribution in [0.3, 0.4) is 0 Å². The van der Waals surface area contributed by atoms with Crippen LogP contribution in [0.1, 0.15) is 12.5 Å². The van der Waals surface area contributed by atoms with Gasteiger partial charge in [-0.25, -0.2) is 8.42 Å². The molecule has 1 fully saturated rings. The topological polar surface area (TPSA) is 96.0 Å². The van der Waals surface area contributed by atoms with Crippen molar-refractivity contribution in [2.75, 3.05) is 23.0 Å². The number of halogens is 1. The molecule has 0 amide bonds. The number of amidine groups is 1. The highest BCUT2D eigenvalue weighted by Crippen LogP contribution is 2.28. The largest absolute Gasteiger partial charge is 0.409 e. The van der Waals surface area contributed by atoms with Gasteiger partial charge < -0.3 is 15.8 Å². The van der Waals surface area contributed by atoms with Gasteiger partial charge in [0.15, 0.2) is 15.7 Å². The molecule has 0 saturated carbocycles. The molecule has 1 saturated heterocycles. The molecule has 0 spiro atoms. The molecule has 1 atom stereocenters. The average Bonchev–Trinajstić information content (AvgIpc) is 2.37. The molecule has 1 aromatic rings. The monoisotopic (exact) mass is 361 g/mol. The fourth-order valence-electron chi connectivity index (χ4n) is 2.37. The number of rotatable bonds is 2. The normalized spacial score (nSPS) is 22.8. The smallest absolute Gasteiger partial charge is 0.172 e. The van der Waals surface area contributed by atoms with Crippen LogP contribution in [0.5, 0.6) is 0 Å². The van der Waals surface area contributed by atoms with Crippen LogP contribution in [0, 0.1) is 0 Å². The summed E-state index contributed by atoms with van der Waals surface area (Å²) in [7, 11) is -2.98. The number of sulfone groups is 1. The second-order valence-corrected chi connectivity index (χ2v) is 7.95. The van der Waals surface area contributed by atoms with E-state index in [-0.39, 0.29) is 23.4 Å². The molecule has 3 N–H and O–H groups in total. The second kappa shape index (κ2) is 5.61. The van der Waals surface area contributed by atoms with Crippen LogP contribution in [-0.2, 0) is 9.84 Å². The van der Waals surface area contributed by atoms with Gasteiger partial charge in [0, 0.05) is 28.3 Å². The Kier molecular flexibility index (Phi) is 4.24. The van der Waals surface area contributed by atoms with E-state index in [4.69, 9.17) is 10.9 Å². The summed E-state index contributed by atoms with van der Waals surface area (Å²) in [6.45, 7) is 2.26. The van der Waals surface area contributed by atoms with Gasteiger partial charge in [-0.05, 0) is 25.1 Å². The average molecular weight is 362 g/mol. The minimum Gasteiger partial charge on any atom is -0.409 e. The van der Waals surface area contributed by atoms with Crippen molar-refractivity contribution >= 4 is 37.3 Å². The molecule has 1 heterocycles. The van der Waals surface area contributed by atoms with Crippen LogP contribution in [0.2, 0.25) is 0 Å². The van der Waals surface area contributed by atoms with Gasteiger partial charge in [-0.15, -0.1) is 0 Å². The first-order valence-electron chi connectivity index (χ1n) is 6.08. The molecule has 1 unspecified atom stereocenters. The van der Waals surface area contributed by atoms with Gasteiger partial charge >= 0.3 is 0 Å². The van der Waals surface area contributed by atoms with Crippen LogP contribution in [0.4, 0.5) is 5.69 Å². The predicted molar refractivity (Wildman–Crippen MR) is 82.1 cm³/mol. The van der Waals surface area contributed by atoms with Crippen molar-refractivity contribution in [3.05, 3.63) is 28.2 Å². The van der Waals surface area contributed by atoms with Crippen molar-refractivity contribution in [3.63, 3.8) is 0 Å². The quantitative estimate of drug-likeness (QED) is 0.356. The molecular weight excluding hydrogens is 346 g/mol. The fraction of sp³-hybridized carbons (Fsp3) is 0.417. The zero-order valence-corrected chi connectivity index (χ0v) is 13.4. The Morgan fingerprint density at radius 2 is 2.25 bits per heavy atom. The summed E-state index contributed by atoms with van der Waals surface area (Å²) in [6, 6.07) is 5.28. The van der Waals surface area contributed by atoms with Gasteiger partial charge in [-0.1, -0.05) is 21.1 Å². The molecule has 1 aliphatic heterocycles. The Balaban J connectivity index is 2.43. The van der Waals surface area contributed by atoms with Crippen molar-refractivity contribution in [1.82, 2.24) is 0 Å². The first-order chi connectivity index (χ1) is 9.34. The van der Waals surface area contributed by atoms with E-state index in [9.17, 15) is 8.42 Å². The number of nitrogens with two attached hydrogens (primary N) is 1. The predicted octanol–water partition coefficient (Wildman–Crippen LogP) is 1.17. The zero-order chi connectivity index (χ0) is 14.9. The number of hydrogen-bond acceptors (Lipinski definition) is 5. The third-order valence-corrected chi connectivity index (χ3v) is 5.61. The first-order valence-corrected chi connectivity index (χ1v) is 8.70. The van der Waals surface area contributed by atoms with E-state index >= 15 is 0 Å². The van der Waals surface area contributed by atoms with Gasteiger partial charge in [0.25, 0.3) is 0 Å². The number of nitrogens with zero attached hydrogens (tertiary/aromatic N) is 2. The Morgan fingerprint density at radius 3 is 2.85 bits per heavy atom. The maximum absolute atomic E-state index is 11.6. The maximum Gasteiger partial charge on any atom is 0.172 e. The Bertz CT molecular complexity index is 645. The summed E-state index contributed by atoms with van der Waals surface area (Å²) in [5.74, 6) is 0.226. The van der Waals surface area contributed by atoms with Crippen molar-refractivity contribution < 1.29 is 13.6 Å². The molecule has 6 nitrogen and oxygen atoms in total. The summed E-state index contributed by atoms with van der Waals surface area (Å²) >= 11 is 3.34. The molecular formula is C12H16BrN3O3S.